The van der Waals surface area contributed by atoms with E-state index in [1.165, 1.54) is 24.3 Å². The van der Waals surface area contributed by atoms with Gasteiger partial charge in [-0.1, -0.05) is 30.4 Å². The Morgan fingerprint density at radius 2 is 1.77 bits per heavy atom. The molecule has 6 heteroatoms. The van der Waals surface area contributed by atoms with Crippen LogP contribution in [0.4, 0.5) is 0 Å². The number of benzene rings is 1. The van der Waals surface area contributed by atoms with E-state index in [-0.39, 0.29) is 11.1 Å². The van der Waals surface area contributed by atoms with Gasteiger partial charge in [-0.05, 0) is 30.5 Å². The number of carbonyl (C=O) groups is 3. The smallest absolute Gasteiger partial charge is 0.336 e. The van der Waals surface area contributed by atoms with Crippen molar-refractivity contribution in [3.8, 4) is 0 Å². The van der Waals surface area contributed by atoms with Gasteiger partial charge in [0.05, 0.1) is 11.1 Å². The fraction of sp³-hybridized carbons (Fsp3) is 0.188. The Morgan fingerprint density at radius 1 is 1.09 bits per heavy atom. The van der Waals surface area contributed by atoms with Crippen LogP contribution in [0.15, 0.2) is 48.1 Å². The highest BCUT2D eigenvalue weighted by molar-refractivity contribution is 6.06. The number of carbonyl (C=O) groups excluding carboxylic acids is 1. The predicted octanol–water partition coefficient (Wildman–Crippen LogP) is 1.84. The molecule has 2 rings (SSSR count). The standard InChI is InChI=1S/C16H15NO5/c18-14(11-8-4-5-9-12(11)15(19)20)17-13(16(21)22)10-6-2-1-3-7-10/h1-2,4-6,8-9,13H,3,7H2,(H,17,18)(H,19,20)(H,21,22). The summed E-state index contributed by atoms with van der Waals surface area (Å²) in [6, 6.07) is 4.52. The summed E-state index contributed by atoms with van der Waals surface area (Å²) in [6.07, 6.45) is 6.55. The van der Waals surface area contributed by atoms with E-state index < -0.39 is 23.9 Å². The summed E-state index contributed by atoms with van der Waals surface area (Å²) in [4.78, 5) is 34.8. The number of carboxylic acid groups (broad SMARTS) is 2. The molecule has 22 heavy (non-hydrogen) atoms. The lowest BCUT2D eigenvalue weighted by Crippen LogP contribution is -2.42. The highest BCUT2D eigenvalue weighted by Crippen LogP contribution is 2.17. The first kappa shape index (κ1) is 15.5. The first-order valence-corrected chi connectivity index (χ1v) is 6.72. The second-order valence-corrected chi connectivity index (χ2v) is 4.80. The normalized spacial score (nSPS) is 14.8. The van der Waals surface area contributed by atoms with Crippen LogP contribution in [0.25, 0.3) is 0 Å². The molecule has 114 valence electrons. The molecule has 0 heterocycles. The molecule has 1 aliphatic carbocycles. The van der Waals surface area contributed by atoms with Crippen LogP contribution < -0.4 is 5.32 Å². The van der Waals surface area contributed by atoms with Crippen LogP contribution in [0.5, 0.6) is 0 Å². The van der Waals surface area contributed by atoms with Gasteiger partial charge in [-0.25, -0.2) is 9.59 Å². The zero-order valence-corrected chi connectivity index (χ0v) is 11.7. The van der Waals surface area contributed by atoms with Crippen molar-refractivity contribution in [2.75, 3.05) is 0 Å². The molecule has 1 aliphatic rings. The van der Waals surface area contributed by atoms with Crippen molar-refractivity contribution in [2.45, 2.75) is 18.9 Å². The van der Waals surface area contributed by atoms with Crippen molar-refractivity contribution < 1.29 is 24.6 Å². The molecule has 1 aromatic rings. The highest BCUT2D eigenvalue weighted by atomic mass is 16.4. The summed E-state index contributed by atoms with van der Waals surface area (Å²) in [7, 11) is 0. The number of carboxylic acids is 2. The topological polar surface area (TPSA) is 104 Å². The Kier molecular flexibility index (Phi) is 4.73. The molecule has 1 unspecified atom stereocenters. The van der Waals surface area contributed by atoms with E-state index in [1.54, 1.807) is 12.2 Å². The molecule has 0 saturated heterocycles. The second kappa shape index (κ2) is 6.71. The number of hydrogen-bond acceptors (Lipinski definition) is 3. The van der Waals surface area contributed by atoms with Gasteiger partial charge in [0.15, 0.2) is 0 Å². The maximum atomic E-state index is 12.2. The molecule has 0 spiro atoms. The van der Waals surface area contributed by atoms with Gasteiger partial charge in [0.2, 0.25) is 0 Å². The molecule has 1 amide bonds. The Morgan fingerprint density at radius 3 is 2.32 bits per heavy atom. The monoisotopic (exact) mass is 301 g/mol. The lowest BCUT2D eigenvalue weighted by Gasteiger charge is -2.19. The molecule has 0 aromatic heterocycles. The van der Waals surface area contributed by atoms with Gasteiger partial charge in [-0.3, -0.25) is 4.79 Å². The van der Waals surface area contributed by atoms with Gasteiger partial charge in [0, 0.05) is 0 Å². The van der Waals surface area contributed by atoms with Crippen LogP contribution in [0.2, 0.25) is 0 Å². The summed E-state index contributed by atoms with van der Waals surface area (Å²) in [5.41, 5.74) is 0.353. The van der Waals surface area contributed by atoms with E-state index in [0.717, 1.165) is 0 Å². The SMILES string of the molecule is O=C(O)c1ccccc1C(=O)NC(C(=O)O)C1=CC=CCC1. The van der Waals surface area contributed by atoms with Crippen molar-refractivity contribution in [2.24, 2.45) is 0 Å². The number of hydrogen-bond donors (Lipinski definition) is 3. The van der Waals surface area contributed by atoms with Crippen molar-refractivity contribution in [3.05, 3.63) is 59.2 Å². The molecule has 6 nitrogen and oxygen atoms in total. The molecule has 1 aromatic carbocycles. The third-order valence-corrected chi connectivity index (χ3v) is 3.34. The number of nitrogens with one attached hydrogen (secondary N) is 1. The Labute approximate surface area is 126 Å². The van der Waals surface area contributed by atoms with E-state index in [9.17, 15) is 19.5 Å². The lowest BCUT2D eigenvalue weighted by atomic mass is 9.97. The van der Waals surface area contributed by atoms with E-state index in [0.29, 0.717) is 18.4 Å². The molecule has 0 aliphatic heterocycles. The molecule has 0 saturated carbocycles. The van der Waals surface area contributed by atoms with Crippen molar-refractivity contribution in [1.82, 2.24) is 5.32 Å². The molecule has 3 N–H and O–H groups in total. The van der Waals surface area contributed by atoms with Crippen LogP contribution in [0.3, 0.4) is 0 Å². The van der Waals surface area contributed by atoms with E-state index in [4.69, 9.17) is 5.11 Å². The van der Waals surface area contributed by atoms with Crippen LogP contribution in [-0.2, 0) is 4.79 Å². The number of amides is 1. The third-order valence-electron chi connectivity index (χ3n) is 3.34. The van der Waals surface area contributed by atoms with E-state index >= 15 is 0 Å². The Bertz CT molecular complexity index is 675. The van der Waals surface area contributed by atoms with E-state index in [2.05, 4.69) is 5.32 Å². The first-order valence-electron chi connectivity index (χ1n) is 6.72. The number of aromatic carboxylic acids is 1. The van der Waals surface area contributed by atoms with Gasteiger partial charge < -0.3 is 15.5 Å². The van der Waals surface area contributed by atoms with Crippen LogP contribution in [0.1, 0.15) is 33.6 Å². The predicted molar refractivity (Wildman–Crippen MR) is 78.7 cm³/mol. The van der Waals surface area contributed by atoms with Crippen molar-refractivity contribution in [1.29, 1.82) is 0 Å². The summed E-state index contributed by atoms with van der Waals surface area (Å²) in [5.74, 6) is -3.14. The maximum absolute atomic E-state index is 12.2. The largest absolute Gasteiger partial charge is 0.479 e. The van der Waals surface area contributed by atoms with Crippen molar-refractivity contribution >= 4 is 17.8 Å². The average Bonchev–Trinajstić information content (AvgIpc) is 2.52. The van der Waals surface area contributed by atoms with Gasteiger partial charge in [-0.15, -0.1) is 0 Å². The van der Waals surface area contributed by atoms with Crippen LogP contribution in [-0.4, -0.2) is 34.1 Å². The Balaban J connectivity index is 2.26. The molecular formula is C16H15NO5. The molecular weight excluding hydrogens is 286 g/mol. The minimum absolute atomic E-state index is 0.0619. The highest BCUT2D eigenvalue weighted by Gasteiger charge is 2.26. The van der Waals surface area contributed by atoms with Crippen LogP contribution >= 0.6 is 0 Å². The Hall–Kier alpha value is -2.89. The maximum Gasteiger partial charge on any atom is 0.336 e. The minimum Gasteiger partial charge on any atom is -0.479 e. The van der Waals surface area contributed by atoms with E-state index in [1.807, 2.05) is 6.08 Å². The fourth-order valence-electron chi connectivity index (χ4n) is 2.25. The van der Waals surface area contributed by atoms with Crippen LogP contribution in [0, 0.1) is 0 Å². The summed E-state index contributed by atoms with van der Waals surface area (Å²) < 4.78 is 0. The van der Waals surface area contributed by atoms with Gasteiger partial charge >= 0.3 is 11.9 Å². The summed E-state index contributed by atoms with van der Waals surface area (Å²) in [5, 5.41) is 20.8. The first-order chi connectivity index (χ1) is 10.5. The third kappa shape index (κ3) is 3.41. The van der Waals surface area contributed by atoms with Crippen molar-refractivity contribution in [3.63, 3.8) is 0 Å². The zero-order valence-electron chi connectivity index (χ0n) is 11.7. The van der Waals surface area contributed by atoms with Gasteiger partial charge in [-0.2, -0.15) is 0 Å². The molecule has 0 bridgehead atoms. The average molecular weight is 301 g/mol. The number of allylic oxidation sites excluding steroid dienone is 3. The van der Waals surface area contributed by atoms with Gasteiger partial charge in [0.1, 0.15) is 6.04 Å². The zero-order chi connectivity index (χ0) is 16.1. The molecule has 0 radical (unpaired) electrons. The second-order valence-electron chi connectivity index (χ2n) is 4.80. The number of aliphatic carboxylic acids is 1. The lowest BCUT2D eigenvalue weighted by molar-refractivity contribution is -0.138. The van der Waals surface area contributed by atoms with Gasteiger partial charge in [0.25, 0.3) is 5.91 Å². The number of rotatable bonds is 5. The summed E-state index contributed by atoms with van der Waals surface area (Å²) in [6.45, 7) is 0. The minimum atomic E-state index is -1.24. The quantitative estimate of drug-likeness (QED) is 0.770. The fourth-order valence-corrected chi connectivity index (χ4v) is 2.25. The molecule has 1 atom stereocenters. The molecule has 0 fully saturated rings. The summed E-state index contributed by atoms with van der Waals surface area (Å²) >= 11 is 0.